The third kappa shape index (κ3) is 2.72. The summed E-state index contributed by atoms with van der Waals surface area (Å²) in [5.41, 5.74) is 0.00262. The van der Waals surface area contributed by atoms with Gasteiger partial charge in [-0.2, -0.15) is 5.10 Å². The van der Waals surface area contributed by atoms with Gasteiger partial charge in [-0.3, -0.25) is 10.00 Å². The van der Waals surface area contributed by atoms with Crippen molar-refractivity contribution in [2.75, 3.05) is 20.8 Å². The summed E-state index contributed by atoms with van der Waals surface area (Å²) in [5.74, 6) is 1.85. The fourth-order valence-corrected chi connectivity index (χ4v) is 3.92. The van der Waals surface area contributed by atoms with E-state index in [0.29, 0.717) is 12.1 Å². The maximum absolute atomic E-state index is 5.95. The third-order valence-corrected chi connectivity index (χ3v) is 5.23. The smallest absolute Gasteiger partial charge is 0.150 e. The first-order chi connectivity index (χ1) is 10.2. The number of hydrogen-bond acceptors (Lipinski definition) is 5. The molecule has 1 aliphatic carbocycles. The van der Waals surface area contributed by atoms with Crippen molar-refractivity contribution in [1.82, 2.24) is 20.1 Å². The number of ether oxygens (including phenoxy) is 2. The summed E-state index contributed by atoms with van der Waals surface area (Å²) in [5, 5.41) is 7.29. The van der Waals surface area contributed by atoms with Crippen molar-refractivity contribution in [3.8, 4) is 0 Å². The molecule has 2 aliphatic rings. The van der Waals surface area contributed by atoms with Crippen LogP contribution in [0.2, 0.25) is 0 Å². The first-order valence-electron chi connectivity index (χ1n) is 7.93. The number of H-pyrrole nitrogens is 1. The number of hydrogen-bond donors (Lipinski definition) is 1. The van der Waals surface area contributed by atoms with Crippen LogP contribution in [0.4, 0.5) is 0 Å². The number of nitrogens with one attached hydrogen (secondary N) is 1. The van der Waals surface area contributed by atoms with Crippen LogP contribution in [0.15, 0.2) is 0 Å². The van der Waals surface area contributed by atoms with E-state index in [1.165, 1.54) is 0 Å². The Hall–Kier alpha value is -0.980. The van der Waals surface area contributed by atoms with Gasteiger partial charge >= 0.3 is 0 Å². The molecule has 6 nitrogen and oxygen atoms in total. The van der Waals surface area contributed by atoms with E-state index in [4.69, 9.17) is 9.47 Å². The van der Waals surface area contributed by atoms with E-state index in [2.05, 4.69) is 27.0 Å². The normalized spacial score (nSPS) is 33.3. The van der Waals surface area contributed by atoms with Crippen molar-refractivity contribution < 1.29 is 9.47 Å². The molecule has 1 N–H and O–H groups in total. The molecule has 0 bridgehead atoms. The second kappa shape index (κ2) is 6.02. The Morgan fingerprint density at radius 2 is 2.24 bits per heavy atom. The molecule has 21 heavy (non-hydrogen) atoms. The lowest BCUT2D eigenvalue weighted by molar-refractivity contribution is -0.0949. The summed E-state index contributed by atoms with van der Waals surface area (Å²) >= 11 is 0. The Balaban J connectivity index is 1.73. The lowest BCUT2D eigenvalue weighted by Crippen LogP contribution is -2.51. The van der Waals surface area contributed by atoms with E-state index in [-0.39, 0.29) is 5.60 Å². The Morgan fingerprint density at radius 1 is 1.38 bits per heavy atom. The van der Waals surface area contributed by atoms with Gasteiger partial charge in [0.15, 0.2) is 0 Å². The van der Waals surface area contributed by atoms with Gasteiger partial charge < -0.3 is 9.47 Å². The lowest BCUT2D eigenvalue weighted by Gasteiger charge is -2.43. The monoisotopic (exact) mass is 294 g/mol. The fraction of sp³-hybridized carbons (Fsp3) is 0.867. The second-order valence-corrected chi connectivity index (χ2v) is 6.19. The first kappa shape index (κ1) is 14.9. The minimum atomic E-state index is 0.00262. The lowest BCUT2D eigenvalue weighted by atomic mass is 9.79. The minimum Gasteiger partial charge on any atom is -0.381 e. The van der Waals surface area contributed by atoms with Gasteiger partial charge in [0.05, 0.1) is 18.2 Å². The Kier molecular flexibility index (Phi) is 4.28. The average Bonchev–Trinajstić information content (AvgIpc) is 3.12. The molecule has 0 spiro atoms. The quantitative estimate of drug-likeness (QED) is 0.892. The molecule has 1 saturated heterocycles. The van der Waals surface area contributed by atoms with Crippen LogP contribution < -0.4 is 0 Å². The molecule has 1 saturated carbocycles. The van der Waals surface area contributed by atoms with Gasteiger partial charge in [0, 0.05) is 33.2 Å². The minimum absolute atomic E-state index is 0.00262. The first-order valence-corrected chi connectivity index (χ1v) is 7.93. The molecule has 1 aromatic rings. The number of aryl methyl sites for hydroxylation is 1. The summed E-state index contributed by atoms with van der Waals surface area (Å²) in [6.45, 7) is 3.94. The van der Waals surface area contributed by atoms with Crippen LogP contribution in [0.1, 0.15) is 44.3 Å². The highest BCUT2D eigenvalue weighted by molar-refractivity contribution is 5.06. The molecule has 0 radical (unpaired) electrons. The van der Waals surface area contributed by atoms with Crippen molar-refractivity contribution in [3.63, 3.8) is 0 Å². The van der Waals surface area contributed by atoms with Crippen LogP contribution in [0.25, 0.3) is 0 Å². The summed E-state index contributed by atoms with van der Waals surface area (Å²) in [4.78, 5) is 7.02. The topological polar surface area (TPSA) is 63.3 Å². The van der Waals surface area contributed by atoms with Gasteiger partial charge in [-0.15, -0.1) is 0 Å². The van der Waals surface area contributed by atoms with Gasteiger partial charge in [0.25, 0.3) is 0 Å². The average molecular weight is 294 g/mol. The zero-order valence-electron chi connectivity index (χ0n) is 13.3. The highest BCUT2D eigenvalue weighted by Gasteiger charge is 2.51. The number of likely N-dealkylation sites (tertiary alicyclic amines) is 1. The number of nitrogens with zero attached hydrogens (tertiary/aromatic N) is 3. The van der Waals surface area contributed by atoms with Crippen LogP contribution in [-0.2, 0) is 22.4 Å². The van der Waals surface area contributed by atoms with E-state index >= 15 is 0 Å². The fourth-order valence-electron chi connectivity index (χ4n) is 3.92. The van der Waals surface area contributed by atoms with Gasteiger partial charge in [-0.1, -0.05) is 6.92 Å². The molecular formula is C15H26N4O2. The van der Waals surface area contributed by atoms with Crippen LogP contribution in [0.3, 0.4) is 0 Å². The molecule has 2 heterocycles. The zero-order chi connectivity index (χ0) is 14.9. The zero-order valence-corrected chi connectivity index (χ0v) is 13.3. The van der Waals surface area contributed by atoms with Gasteiger partial charge in [0.2, 0.25) is 0 Å². The van der Waals surface area contributed by atoms with Crippen LogP contribution in [0.5, 0.6) is 0 Å². The van der Waals surface area contributed by atoms with Crippen molar-refractivity contribution in [2.24, 2.45) is 0 Å². The summed E-state index contributed by atoms with van der Waals surface area (Å²) in [6.07, 6.45) is 5.53. The molecule has 6 heteroatoms. The maximum Gasteiger partial charge on any atom is 0.150 e. The number of rotatable bonds is 5. The van der Waals surface area contributed by atoms with Crippen LogP contribution in [-0.4, -0.2) is 58.6 Å². The molecule has 0 amide bonds. The molecule has 3 rings (SSSR count). The third-order valence-electron chi connectivity index (χ3n) is 5.23. The Morgan fingerprint density at radius 3 is 2.90 bits per heavy atom. The van der Waals surface area contributed by atoms with E-state index in [1.807, 2.05) is 14.2 Å². The number of aromatic amines is 1. The number of fused-ring (bicyclic) bond motifs is 1. The van der Waals surface area contributed by atoms with Gasteiger partial charge in [0.1, 0.15) is 11.6 Å². The standard InChI is InChI=1S/C15H26N4O2/c1-4-13-16-14(18-17-13)10-19-8-7-15(21-3)6-5-11(20-2)9-12(15)19/h11-12H,4-10H2,1-3H3,(H,16,17,18)/t11-,12-,15+/m0/s1. The van der Waals surface area contributed by atoms with Gasteiger partial charge in [-0.25, -0.2) is 4.98 Å². The molecule has 2 fully saturated rings. The highest BCUT2D eigenvalue weighted by atomic mass is 16.5. The Bertz CT molecular complexity index is 478. The molecule has 1 aliphatic heterocycles. The van der Waals surface area contributed by atoms with E-state index in [0.717, 1.165) is 56.8 Å². The van der Waals surface area contributed by atoms with E-state index < -0.39 is 0 Å². The SMILES string of the molecule is CCc1n[nH]c(CN2CC[C@]3(OC)CC[C@H](OC)C[C@H]23)n1. The molecule has 0 unspecified atom stereocenters. The summed E-state index contributed by atoms with van der Waals surface area (Å²) in [7, 11) is 3.67. The number of methoxy groups -OCH3 is 2. The molecule has 1 aromatic heterocycles. The van der Waals surface area contributed by atoms with Crippen molar-refractivity contribution in [3.05, 3.63) is 11.6 Å². The number of aromatic nitrogens is 3. The summed E-state index contributed by atoms with van der Waals surface area (Å²) < 4.78 is 11.5. The largest absolute Gasteiger partial charge is 0.381 e. The van der Waals surface area contributed by atoms with Crippen molar-refractivity contribution >= 4 is 0 Å². The van der Waals surface area contributed by atoms with Crippen LogP contribution in [0, 0.1) is 0 Å². The predicted octanol–water partition coefficient (Wildman–Crippen LogP) is 1.53. The highest BCUT2D eigenvalue weighted by Crippen LogP contribution is 2.43. The van der Waals surface area contributed by atoms with E-state index in [9.17, 15) is 0 Å². The van der Waals surface area contributed by atoms with E-state index in [1.54, 1.807) is 0 Å². The summed E-state index contributed by atoms with van der Waals surface area (Å²) in [6, 6.07) is 0.413. The molecular weight excluding hydrogens is 268 g/mol. The molecule has 118 valence electrons. The van der Waals surface area contributed by atoms with Crippen LogP contribution >= 0.6 is 0 Å². The molecule has 0 aromatic carbocycles. The predicted molar refractivity (Wildman–Crippen MR) is 79.0 cm³/mol. The van der Waals surface area contributed by atoms with Crippen molar-refractivity contribution in [1.29, 1.82) is 0 Å². The molecule has 3 atom stereocenters. The second-order valence-electron chi connectivity index (χ2n) is 6.19. The van der Waals surface area contributed by atoms with Crippen molar-refractivity contribution in [2.45, 2.75) is 63.3 Å². The maximum atomic E-state index is 5.95. The van der Waals surface area contributed by atoms with Gasteiger partial charge in [-0.05, 0) is 25.7 Å². The Labute approximate surface area is 126 Å².